The predicted molar refractivity (Wildman–Crippen MR) is 81.2 cm³/mol. The molecule has 20 heavy (non-hydrogen) atoms. The molecule has 5 heteroatoms. The van der Waals surface area contributed by atoms with Crippen LogP contribution in [0.1, 0.15) is 30.8 Å². The summed E-state index contributed by atoms with van der Waals surface area (Å²) in [5, 5.41) is 2.77. The number of amides is 1. The van der Waals surface area contributed by atoms with Crippen LogP contribution in [-0.2, 0) is 0 Å². The fraction of sp³-hybridized carbons (Fsp3) is 0.267. The van der Waals surface area contributed by atoms with Gasteiger partial charge >= 0.3 is 0 Å². The van der Waals surface area contributed by atoms with E-state index in [0.717, 1.165) is 12.2 Å². The minimum atomic E-state index is -0.295. The second-order valence-corrected chi connectivity index (χ2v) is 5.20. The normalized spacial score (nSPS) is 11.9. The Balaban J connectivity index is 2.06. The number of ether oxygens (including phenoxy) is 1. The maximum Gasteiger partial charge on any atom is 0.291 e. The van der Waals surface area contributed by atoms with Crippen LogP contribution in [0.3, 0.4) is 0 Å². The van der Waals surface area contributed by atoms with E-state index in [-0.39, 0.29) is 17.8 Å². The minimum absolute atomic E-state index is 0.141. The van der Waals surface area contributed by atoms with Crippen LogP contribution in [0.5, 0.6) is 5.75 Å². The van der Waals surface area contributed by atoms with Gasteiger partial charge in [-0.2, -0.15) is 0 Å². The van der Waals surface area contributed by atoms with Crippen molar-refractivity contribution < 1.29 is 13.9 Å². The topological polar surface area (TPSA) is 51.5 Å². The Kier molecular flexibility index (Phi) is 4.84. The molecule has 106 valence electrons. The molecule has 0 aliphatic carbocycles. The molecule has 2 aromatic rings. The first-order valence-electron chi connectivity index (χ1n) is 6.42. The molecule has 1 aromatic carbocycles. The van der Waals surface area contributed by atoms with E-state index in [9.17, 15) is 4.79 Å². The zero-order valence-corrected chi connectivity index (χ0v) is 12.9. The largest absolute Gasteiger partial charge is 0.491 e. The van der Waals surface area contributed by atoms with Crippen molar-refractivity contribution in [1.82, 2.24) is 0 Å². The molecule has 1 amide bonds. The van der Waals surface area contributed by atoms with E-state index >= 15 is 0 Å². The van der Waals surface area contributed by atoms with Crippen LogP contribution >= 0.6 is 15.9 Å². The molecule has 1 atom stereocenters. The van der Waals surface area contributed by atoms with E-state index in [1.807, 2.05) is 19.1 Å². The number of carbonyl (C=O) groups is 1. The molecule has 0 aliphatic heterocycles. The number of furan rings is 1. The van der Waals surface area contributed by atoms with Gasteiger partial charge in [-0.05, 0) is 53.5 Å². The molecule has 0 radical (unpaired) electrons. The molecular weight excluding hydrogens is 322 g/mol. The van der Waals surface area contributed by atoms with Crippen LogP contribution in [-0.4, -0.2) is 12.0 Å². The number of halogens is 1. The number of anilines is 1. The van der Waals surface area contributed by atoms with Gasteiger partial charge in [-0.1, -0.05) is 13.0 Å². The molecule has 1 unspecified atom stereocenters. The second-order valence-electron chi connectivity index (χ2n) is 4.42. The van der Waals surface area contributed by atoms with Crippen LogP contribution in [0.2, 0.25) is 0 Å². The monoisotopic (exact) mass is 337 g/mol. The summed E-state index contributed by atoms with van der Waals surface area (Å²) in [5.41, 5.74) is 0.670. The molecule has 1 aromatic heterocycles. The number of hydrogen-bond donors (Lipinski definition) is 1. The van der Waals surface area contributed by atoms with Crippen molar-refractivity contribution in [2.75, 3.05) is 5.32 Å². The number of benzene rings is 1. The first kappa shape index (κ1) is 14.7. The van der Waals surface area contributed by atoms with Crippen LogP contribution in [0, 0.1) is 0 Å². The Bertz CT molecular complexity index is 594. The molecule has 2 rings (SSSR count). The highest BCUT2D eigenvalue weighted by Crippen LogP contribution is 2.21. The molecule has 0 fully saturated rings. The van der Waals surface area contributed by atoms with Gasteiger partial charge in [0.15, 0.2) is 10.4 Å². The molecular formula is C15H16BrNO3. The Labute approximate surface area is 126 Å². The van der Waals surface area contributed by atoms with E-state index in [2.05, 4.69) is 28.2 Å². The van der Waals surface area contributed by atoms with Crippen molar-refractivity contribution in [3.8, 4) is 5.75 Å². The number of carbonyl (C=O) groups excluding carboxylic acids is 1. The zero-order valence-electron chi connectivity index (χ0n) is 11.4. The average Bonchev–Trinajstić information content (AvgIpc) is 2.86. The summed E-state index contributed by atoms with van der Waals surface area (Å²) in [6, 6.07) is 10.6. The van der Waals surface area contributed by atoms with Gasteiger partial charge in [-0.15, -0.1) is 0 Å². The maximum absolute atomic E-state index is 12.0. The third-order valence-corrected chi connectivity index (χ3v) is 3.23. The van der Waals surface area contributed by atoms with Crippen LogP contribution in [0.15, 0.2) is 45.5 Å². The second kappa shape index (κ2) is 6.61. The van der Waals surface area contributed by atoms with Crippen LogP contribution < -0.4 is 10.1 Å². The van der Waals surface area contributed by atoms with Gasteiger partial charge in [0.25, 0.3) is 5.91 Å². The van der Waals surface area contributed by atoms with E-state index < -0.39 is 0 Å². The standard InChI is InChI=1S/C15H16BrNO3/c1-3-10(2)19-12-6-4-5-11(9-12)17-15(18)13-7-8-14(16)20-13/h4-10H,3H2,1-2H3,(H,17,18). The Morgan fingerprint density at radius 1 is 1.40 bits per heavy atom. The third kappa shape index (κ3) is 3.87. The molecule has 1 heterocycles. The summed E-state index contributed by atoms with van der Waals surface area (Å²) in [7, 11) is 0. The highest BCUT2D eigenvalue weighted by Gasteiger charge is 2.11. The summed E-state index contributed by atoms with van der Waals surface area (Å²) in [4.78, 5) is 12.0. The summed E-state index contributed by atoms with van der Waals surface area (Å²) >= 11 is 3.17. The molecule has 4 nitrogen and oxygen atoms in total. The fourth-order valence-corrected chi connectivity index (χ4v) is 1.90. The summed E-state index contributed by atoms with van der Waals surface area (Å²) in [6.07, 6.45) is 1.07. The van der Waals surface area contributed by atoms with E-state index in [4.69, 9.17) is 9.15 Å². The van der Waals surface area contributed by atoms with Crippen molar-refractivity contribution in [3.05, 3.63) is 46.8 Å². The molecule has 1 N–H and O–H groups in total. The van der Waals surface area contributed by atoms with Gasteiger partial charge in [0.2, 0.25) is 0 Å². The highest BCUT2D eigenvalue weighted by atomic mass is 79.9. The number of hydrogen-bond acceptors (Lipinski definition) is 3. The van der Waals surface area contributed by atoms with Gasteiger partial charge in [-0.3, -0.25) is 4.79 Å². The SMILES string of the molecule is CCC(C)Oc1cccc(NC(=O)c2ccc(Br)o2)c1. The highest BCUT2D eigenvalue weighted by molar-refractivity contribution is 9.10. The first-order valence-corrected chi connectivity index (χ1v) is 7.21. The van der Waals surface area contributed by atoms with Crippen LogP contribution in [0.25, 0.3) is 0 Å². The van der Waals surface area contributed by atoms with Gasteiger partial charge in [0, 0.05) is 11.8 Å². The van der Waals surface area contributed by atoms with Gasteiger partial charge in [0.05, 0.1) is 6.10 Å². The minimum Gasteiger partial charge on any atom is -0.491 e. The average molecular weight is 338 g/mol. The van der Waals surface area contributed by atoms with Crippen molar-refractivity contribution >= 4 is 27.5 Å². The van der Waals surface area contributed by atoms with E-state index in [0.29, 0.717) is 10.4 Å². The number of nitrogens with one attached hydrogen (secondary N) is 1. The molecule has 0 bridgehead atoms. The lowest BCUT2D eigenvalue weighted by atomic mass is 10.2. The molecule has 0 aliphatic rings. The lowest BCUT2D eigenvalue weighted by molar-refractivity contribution is 0.0995. The van der Waals surface area contributed by atoms with Gasteiger partial charge in [0.1, 0.15) is 5.75 Å². The Hall–Kier alpha value is -1.75. The summed E-state index contributed by atoms with van der Waals surface area (Å²) < 4.78 is 11.4. The lowest BCUT2D eigenvalue weighted by Crippen LogP contribution is -2.12. The van der Waals surface area contributed by atoms with Gasteiger partial charge < -0.3 is 14.5 Å². The van der Waals surface area contributed by atoms with Crippen molar-refractivity contribution in [1.29, 1.82) is 0 Å². The van der Waals surface area contributed by atoms with E-state index in [1.165, 1.54) is 0 Å². The first-order chi connectivity index (χ1) is 9.58. The van der Waals surface area contributed by atoms with Gasteiger partial charge in [-0.25, -0.2) is 0 Å². The third-order valence-electron chi connectivity index (χ3n) is 2.80. The van der Waals surface area contributed by atoms with Crippen molar-refractivity contribution in [2.24, 2.45) is 0 Å². The lowest BCUT2D eigenvalue weighted by Gasteiger charge is -2.13. The smallest absolute Gasteiger partial charge is 0.291 e. The van der Waals surface area contributed by atoms with Crippen molar-refractivity contribution in [2.45, 2.75) is 26.4 Å². The maximum atomic E-state index is 12.0. The summed E-state index contributed by atoms with van der Waals surface area (Å²) in [5.74, 6) is 0.694. The number of rotatable bonds is 5. The Morgan fingerprint density at radius 3 is 2.85 bits per heavy atom. The van der Waals surface area contributed by atoms with Crippen molar-refractivity contribution in [3.63, 3.8) is 0 Å². The Morgan fingerprint density at radius 2 is 2.20 bits per heavy atom. The predicted octanol–water partition coefficient (Wildman–Crippen LogP) is 4.47. The molecule has 0 spiro atoms. The quantitative estimate of drug-likeness (QED) is 0.875. The molecule has 0 saturated carbocycles. The van der Waals surface area contributed by atoms with E-state index in [1.54, 1.807) is 24.3 Å². The summed E-state index contributed by atoms with van der Waals surface area (Å²) in [6.45, 7) is 4.07. The molecule has 0 saturated heterocycles. The zero-order chi connectivity index (χ0) is 14.5. The van der Waals surface area contributed by atoms with Crippen LogP contribution in [0.4, 0.5) is 5.69 Å². The fourth-order valence-electron chi connectivity index (χ4n) is 1.59.